The van der Waals surface area contributed by atoms with Crippen LogP contribution in [0.25, 0.3) is 0 Å². The molecule has 7 heteroatoms. The largest absolute Gasteiger partial charge is 0.377 e. The second-order valence-corrected chi connectivity index (χ2v) is 6.04. The molecule has 2 N–H and O–H groups in total. The van der Waals surface area contributed by atoms with Crippen molar-refractivity contribution < 1.29 is 8.78 Å². The molecule has 2 aromatic carbocycles. The van der Waals surface area contributed by atoms with E-state index in [1.54, 1.807) is 0 Å². The van der Waals surface area contributed by atoms with Crippen molar-refractivity contribution in [2.45, 2.75) is 5.75 Å². The summed E-state index contributed by atoms with van der Waals surface area (Å²) in [7, 11) is 0. The molecule has 0 saturated heterocycles. The van der Waals surface area contributed by atoms with Gasteiger partial charge in [-0.05, 0) is 27.6 Å². The van der Waals surface area contributed by atoms with Gasteiger partial charge in [0.05, 0.1) is 10.7 Å². The van der Waals surface area contributed by atoms with Crippen molar-refractivity contribution in [1.29, 1.82) is 0 Å². The number of amidine groups is 1. The van der Waals surface area contributed by atoms with E-state index >= 15 is 0 Å². The van der Waals surface area contributed by atoms with Gasteiger partial charge in [-0.15, -0.1) is 5.10 Å². The molecule has 3 nitrogen and oxygen atoms in total. The molecule has 0 amide bonds. The van der Waals surface area contributed by atoms with Crippen molar-refractivity contribution in [1.82, 2.24) is 0 Å². The highest BCUT2D eigenvalue weighted by Crippen LogP contribution is 2.20. The minimum Gasteiger partial charge on any atom is -0.377 e. The standard InChI is InChI=1S/C15H12BrF2N3S/c16-14-11(6-12(17)7-13(14)18)8-20-21-15(19)22-9-10-4-2-1-3-5-10/h1-8H,9H2,(H2,19,21). The van der Waals surface area contributed by atoms with Gasteiger partial charge in [-0.2, -0.15) is 5.10 Å². The van der Waals surface area contributed by atoms with Gasteiger partial charge in [-0.1, -0.05) is 42.1 Å². The number of nitrogens with zero attached hydrogens (tertiary/aromatic N) is 2. The summed E-state index contributed by atoms with van der Waals surface area (Å²) >= 11 is 4.35. The zero-order valence-electron chi connectivity index (χ0n) is 11.3. The fourth-order valence-corrected chi connectivity index (χ4v) is 2.52. The molecular weight excluding hydrogens is 372 g/mol. The fourth-order valence-electron chi connectivity index (χ4n) is 1.58. The molecule has 0 saturated carbocycles. The monoisotopic (exact) mass is 383 g/mol. The average molecular weight is 384 g/mol. The Hall–Kier alpha value is -1.73. The summed E-state index contributed by atoms with van der Waals surface area (Å²) in [5.41, 5.74) is 7.09. The van der Waals surface area contributed by atoms with Gasteiger partial charge in [0.15, 0.2) is 5.17 Å². The van der Waals surface area contributed by atoms with Crippen LogP contribution in [0.5, 0.6) is 0 Å². The molecule has 2 rings (SSSR count). The Balaban J connectivity index is 1.98. The zero-order chi connectivity index (χ0) is 15.9. The molecule has 0 spiro atoms. The van der Waals surface area contributed by atoms with Crippen LogP contribution in [0, 0.1) is 11.6 Å². The van der Waals surface area contributed by atoms with Crippen LogP contribution in [0.4, 0.5) is 8.78 Å². The Morgan fingerprint density at radius 1 is 1.23 bits per heavy atom. The summed E-state index contributed by atoms with van der Waals surface area (Å²) in [4.78, 5) is 0. The molecule has 0 aromatic heterocycles. The maximum absolute atomic E-state index is 13.3. The van der Waals surface area contributed by atoms with Crippen LogP contribution in [0.15, 0.2) is 57.1 Å². The minimum absolute atomic E-state index is 0.128. The second kappa shape index (κ2) is 8.05. The molecule has 0 bridgehead atoms. The number of thioether (sulfide) groups is 1. The second-order valence-electron chi connectivity index (χ2n) is 4.25. The van der Waals surface area contributed by atoms with E-state index in [0.717, 1.165) is 17.7 Å². The maximum Gasteiger partial charge on any atom is 0.180 e. The lowest BCUT2D eigenvalue weighted by Gasteiger charge is -2.00. The molecule has 0 heterocycles. The highest BCUT2D eigenvalue weighted by atomic mass is 79.9. The molecule has 0 radical (unpaired) electrons. The summed E-state index contributed by atoms with van der Waals surface area (Å²) in [5, 5.41) is 7.82. The Kier molecular flexibility index (Phi) is 6.09. The van der Waals surface area contributed by atoms with Crippen molar-refractivity contribution in [3.63, 3.8) is 0 Å². The Morgan fingerprint density at radius 3 is 2.68 bits per heavy atom. The minimum atomic E-state index is -0.697. The van der Waals surface area contributed by atoms with E-state index in [9.17, 15) is 8.78 Å². The Labute approximate surface area is 139 Å². The van der Waals surface area contributed by atoms with Crippen LogP contribution in [0.3, 0.4) is 0 Å². The lowest BCUT2D eigenvalue weighted by molar-refractivity contribution is 0.578. The normalized spacial score (nSPS) is 12.0. The van der Waals surface area contributed by atoms with Crippen LogP contribution in [0.2, 0.25) is 0 Å². The SMILES string of the molecule is NC(=NN=Cc1cc(F)cc(F)c1Br)SCc1ccccc1. The van der Waals surface area contributed by atoms with Gasteiger partial charge >= 0.3 is 0 Å². The maximum atomic E-state index is 13.3. The van der Waals surface area contributed by atoms with E-state index in [2.05, 4.69) is 26.1 Å². The van der Waals surface area contributed by atoms with E-state index in [1.165, 1.54) is 18.0 Å². The molecule has 0 fully saturated rings. The number of halogens is 3. The number of hydrogen-bond donors (Lipinski definition) is 1. The predicted molar refractivity (Wildman–Crippen MR) is 91.0 cm³/mol. The van der Waals surface area contributed by atoms with Crippen LogP contribution >= 0.6 is 27.7 Å². The third-order valence-corrected chi connectivity index (χ3v) is 4.30. The van der Waals surface area contributed by atoms with Crippen LogP contribution in [0.1, 0.15) is 11.1 Å². The Morgan fingerprint density at radius 2 is 1.95 bits per heavy atom. The number of hydrogen-bond acceptors (Lipinski definition) is 3. The quantitative estimate of drug-likeness (QED) is 0.370. The summed E-state index contributed by atoms with van der Waals surface area (Å²) in [6.07, 6.45) is 1.24. The smallest absolute Gasteiger partial charge is 0.180 e. The molecule has 0 atom stereocenters. The van der Waals surface area contributed by atoms with Crippen molar-refractivity contribution in [2.24, 2.45) is 15.9 Å². The molecule has 0 aliphatic carbocycles. The van der Waals surface area contributed by atoms with Crippen LogP contribution in [-0.2, 0) is 5.75 Å². The van der Waals surface area contributed by atoms with Gasteiger partial charge < -0.3 is 5.73 Å². The third kappa shape index (κ3) is 4.92. The summed E-state index contributed by atoms with van der Waals surface area (Å²) < 4.78 is 26.6. The fraction of sp³-hybridized carbons (Fsp3) is 0.0667. The number of rotatable bonds is 4. The van der Waals surface area contributed by atoms with Gasteiger partial charge in [0.25, 0.3) is 0 Å². The van der Waals surface area contributed by atoms with E-state index in [-0.39, 0.29) is 15.2 Å². The van der Waals surface area contributed by atoms with E-state index in [1.807, 2.05) is 30.3 Å². The van der Waals surface area contributed by atoms with E-state index in [4.69, 9.17) is 5.73 Å². The molecule has 2 aromatic rings. The average Bonchev–Trinajstić information content (AvgIpc) is 2.51. The topological polar surface area (TPSA) is 50.7 Å². The van der Waals surface area contributed by atoms with Gasteiger partial charge in [-0.25, -0.2) is 8.78 Å². The summed E-state index contributed by atoms with van der Waals surface area (Å²) in [6.45, 7) is 0. The van der Waals surface area contributed by atoms with Crippen molar-refractivity contribution in [3.05, 3.63) is 69.7 Å². The predicted octanol–water partition coefficient (Wildman–Crippen LogP) is 4.31. The zero-order valence-corrected chi connectivity index (χ0v) is 13.7. The van der Waals surface area contributed by atoms with Crippen LogP contribution in [-0.4, -0.2) is 11.4 Å². The van der Waals surface area contributed by atoms with E-state index in [0.29, 0.717) is 5.75 Å². The summed E-state index contributed by atoms with van der Waals surface area (Å²) in [6, 6.07) is 11.7. The molecule has 114 valence electrons. The Bertz CT molecular complexity index is 705. The highest BCUT2D eigenvalue weighted by molar-refractivity contribution is 9.10. The molecule has 0 aliphatic rings. The molecule has 0 aliphatic heterocycles. The van der Waals surface area contributed by atoms with E-state index < -0.39 is 11.6 Å². The number of nitrogens with two attached hydrogens (primary N) is 1. The summed E-state index contributed by atoms with van der Waals surface area (Å²) in [5.74, 6) is -0.710. The van der Waals surface area contributed by atoms with Crippen molar-refractivity contribution in [3.8, 4) is 0 Å². The first-order valence-electron chi connectivity index (χ1n) is 6.24. The van der Waals surface area contributed by atoms with Gasteiger partial charge in [0.1, 0.15) is 11.6 Å². The van der Waals surface area contributed by atoms with Gasteiger partial charge in [0.2, 0.25) is 0 Å². The molecule has 22 heavy (non-hydrogen) atoms. The lowest BCUT2D eigenvalue weighted by Crippen LogP contribution is -2.06. The van der Waals surface area contributed by atoms with Crippen molar-refractivity contribution >= 4 is 39.1 Å². The lowest BCUT2D eigenvalue weighted by atomic mass is 10.2. The highest BCUT2D eigenvalue weighted by Gasteiger charge is 2.06. The molecular formula is C15H12BrF2N3S. The first-order chi connectivity index (χ1) is 10.6. The van der Waals surface area contributed by atoms with Crippen LogP contribution < -0.4 is 5.73 Å². The first kappa shape index (κ1) is 16.6. The first-order valence-corrected chi connectivity index (χ1v) is 8.02. The van der Waals surface area contributed by atoms with Gasteiger partial charge in [0, 0.05) is 17.4 Å². The molecule has 0 unspecified atom stereocenters. The third-order valence-electron chi connectivity index (χ3n) is 2.60. The number of benzene rings is 2. The van der Waals surface area contributed by atoms with Crippen molar-refractivity contribution in [2.75, 3.05) is 0 Å². The van der Waals surface area contributed by atoms with Gasteiger partial charge in [-0.3, -0.25) is 0 Å².